The van der Waals surface area contributed by atoms with Crippen LogP contribution < -0.4 is 15.5 Å². The highest BCUT2D eigenvalue weighted by atomic mass is 16.2. The third kappa shape index (κ3) is 4.36. The van der Waals surface area contributed by atoms with Crippen molar-refractivity contribution in [3.05, 3.63) is 59.2 Å². The first kappa shape index (κ1) is 19.3. The van der Waals surface area contributed by atoms with Crippen LogP contribution in [0.2, 0.25) is 0 Å². The van der Waals surface area contributed by atoms with Crippen molar-refractivity contribution in [3.63, 3.8) is 0 Å². The molecule has 152 valence electrons. The smallest absolute Gasteiger partial charge is 0.319 e. The number of anilines is 2. The summed E-state index contributed by atoms with van der Waals surface area (Å²) in [5.41, 5.74) is 5.18. The molecular formula is C23H28N4O2. The number of carbonyl (C=O) groups excluding carboxylic acids is 2. The van der Waals surface area contributed by atoms with E-state index in [2.05, 4.69) is 28.6 Å². The van der Waals surface area contributed by atoms with Gasteiger partial charge < -0.3 is 20.4 Å². The lowest BCUT2D eigenvalue weighted by molar-refractivity contribution is 0.0709. The molecule has 0 spiro atoms. The topological polar surface area (TPSA) is 64.7 Å². The zero-order valence-electron chi connectivity index (χ0n) is 17.1. The number of likely N-dealkylation sites (N-methyl/N-ethyl adjacent to an activating group) is 1. The van der Waals surface area contributed by atoms with Gasteiger partial charge in [0, 0.05) is 49.7 Å². The number of nitrogens with zero attached hydrogens (tertiary/aromatic N) is 2. The molecule has 6 nitrogen and oxygen atoms in total. The maximum Gasteiger partial charge on any atom is 0.319 e. The van der Waals surface area contributed by atoms with Crippen molar-refractivity contribution in [2.75, 3.05) is 36.9 Å². The van der Waals surface area contributed by atoms with Gasteiger partial charge in [0.15, 0.2) is 0 Å². The van der Waals surface area contributed by atoms with Gasteiger partial charge in [-0.2, -0.15) is 0 Å². The molecule has 1 saturated heterocycles. The summed E-state index contributed by atoms with van der Waals surface area (Å²) in [7, 11) is 2.07. The molecule has 2 aliphatic rings. The Kier molecular flexibility index (Phi) is 5.43. The Morgan fingerprint density at radius 1 is 1.00 bits per heavy atom. The number of benzene rings is 2. The molecule has 3 amide bonds. The summed E-state index contributed by atoms with van der Waals surface area (Å²) < 4.78 is 0. The Morgan fingerprint density at radius 2 is 1.72 bits per heavy atom. The van der Waals surface area contributed by atoms with Crippen LogP contribution in [0.25, 0.3) is 0 Å². The van der Waals surface area contributed by atoms with Crippen molar-refractivity contribution in [1.82, 2.24) is 10.2 Å². The third-order valence-electron chi connectivity index (χ3n) is 5.89. The molecule has 0 atom stereocenters. The van der Waals surface area contributed by atoms with E-state index in [4.69, 9.17) is 0 Å². The molecule has 2 aromatic carbocycles. The predicted octanol–water partition coefficient (Wildman–Crippen LogP) is 3.41. The van der Waals surface area contributed by atoms with E-state index in [0.29, 0.717) is 13.1 Å². The van der Waals surface area contributed by atoms with Crippen LogP contribution in [0.15, 0.2) is 42.5 Å². The molecule has 2 aliphatic heterocycles. The summed E-state index contributed by atoms with van der Waals surface area (Å²) in [5.74, 6) is 0.0650. The van der Waals surface area contributed by atoms with Gasteiger partial charge in [-0.25, -0.2) is 4.79 Å². The number of likely N-dealkylation sites (tertiary alicyclic amines) is 1. The van der Waals surface area contributed by atoms with Gasteiger partial charge in [0.2, 0.25) is 0 Å². The van der Waals surface area contributed by atoms with E-state index in [1.54, 1.807) is 0 Å². The van der Waals surface area contributed by atoms with Crippen LogP contribution in [0, 0.1) is 6.92 Å². The lowest BCUT2D eigenvalue weighted by Crippen LogP contribution is -2.47. The molecule has 2 N–H and O–H groups in total. The van der Waals surface area contributed by atoms with Crippen LogP contribution in [-0.4, -0.2) is 49.6 Å². The van der Waals surface area contributed by atoms with E-state index in [-0.39, 0.29) is 18.0 Å². The number of fused-ring (bicyclic) bond motifs is 1. The van der Waals surface area contributed by atoms with Gasteiger partial charge in [-0.3, -0.25) is 4.79 Å². The maximum absolute atomic E-state index is 12.6. The SMILES string of the molecule is Cc1ccc(C(=O)N2CCC(NC(=O)Nc3ccc4c(c3)N(C)CC4)CC2)cc1. The van der Waals surface area contributed by atoms with Crippen LogP contribution in [0.1, 0.15) is 34.3 Å². The average Bonchev–Trinajstić information content (AvgIpc) is 3.09. The summed E-state index contributed by atoms with van der Waals surface area (Å²) in [4.78, 5) is 29.1. The fourth-order valence-corrected chi connectivity index (χ4v) is 4.08. The lowest BCUT2D eigenvalue weighted by atomic mass is 10.0. The fraction of sp³-hybridized carbons (Fsp3) is 0.391. The molecule has 29 heavy (non-hydrogen) atoms. The fourth-order valence-electron chi connectivity index (χ4n) is 4.08. The summed E-state index contributed by atoms with van der Waals surface area (Å²) in [6, 6.07) is 13.6. The number of rotatable bonds is 3. The minimum atomic E-state index is -0.186. The zero-order chi connectivity index (χ0) is 20.4. The Labute approximate surface area is 171 Å². The number of nitrogens with one attached hydrogen (secondary N) is 2. The standard InChI is InChI=1S/C23H28N4O2/c1-16-3-5-18(6-4-16)22(28)27-13-10-19(11-14-27)24-23(29)25-20-8-7-17-9-12-26(2)21(17)15-20/h3-8,15,19H,9-14H2,1-2H3,(H2,24,25,29). The average molecular weight is 393 g/mol. The molecule has 2 heterocycles. The normalized spacial score (nSPS) is 16.5. The molecular weight excluding hydrogens is 364 g/mol. The van der Waals surface area contributed by atoms with E-state index < -0.39 is 0 Å². The Morgan fingerprint density at radius 3 is 2.45 bits per heavy atom. The minimum absolute atomic E-state index is 0.0650. The molecule has 6 heteroatoms. The first-order valence-electron chi connectivity index (χ1n) is 10.3. The molecule has 0 radical (unpaired) electrons. The number of hydrogen-bond acceptors (Lipinski definition) is 3. The summed E-state index contributed by atoms with van der Waals surface area (Å²) in [6.45, 7) is 4.34. The van der Waals surface area contributed by atoms with Crippen LogP contribution in [0.3, 0.4) is 0 Å². The molecule has 4 rings (SSSR count). The monoisotopic (exact) mass is 392 g/mol. The minimum Gasteiger partial charge on any atom is -0.374 e. The highest BCUT2D eigenvalue weighted by Gasteiger charge is 2.25. The first-order valence-corrected chi connectivity index (χ1v) is 10.3. The van der Waals surface area contributed by atoms with Gasteiger partial charge in [0.05, 0.1) is 0 Å². The van der Waals surface area contributed by atoms with Gasteiger partial charge in [0.25, 0.3) is 5.91 Å². The van der Waals surface area contributed by atoms with E-state index in [1.807, 2.05) is 48.2 Å². The van der Waals surface area contributed by atoms with Crippen LogP contribution in [0.5, 0.6) is 0 Å². The van der Waals surface area contributed by atoms with Gasteiger partial charge in [-0.15, -0.1) is 0 Å². The van der Waals surface area contributed by atoms with Crippen molar-refractivity contribution < 1.29 is 9.59 Å². The second kappa shape index (κ2) is 8.15. The Hall–Kier alpha value is -3.02. The number of urea groups is 1. The van der Waals surface area contributed by atoms with Crippen molar-refractivity contribution in [1.29, 1.82) is 0 Å². The quantitative estimate of drug-likeness (QED) is 0.841. The number of hydrogen-bond donors (Lipinski definition) is 2. The van der Waals surface area contributed by atoms with Crippen LogP contribution in [0.4, 0.5) is 16.2 Å². The molecule has 0 aliphatic carbocycles. The Bertz CT molecular complexity index is 902. The summed E-state index contributed by atoms with van der Waals surface area (Å²) in [6.07, 6.45) is 2.58. The summed E-state index contributed by atoms with van der Waals surface area (Å²) in [5, 5.41) is 6.00. The predicted molar refractivity (Wildman–Crippen MR) is 116 cm³/mol. The van der Waals surface area contributed by atoms with Gasteiger partial charge in [-0.1, -0.05) is 23.8 Å². The second-order valence-electron chi connectivity index (χ2n) is 8.05. The van der Waals surface area contributed by atoms with Crippen LogP contribution in [-0.2, 0) is 6.42 Å². The van der Waals surface area contributed by atoms with E-state index in [1.165, 1.54) is 11.3 Å². The number of aryl methyl sites for hydroxylation is 1. The molecule has 0 bridgehead atoms. The number of amides is 3. The molecule has 0 saturated carbocycles. The van der Waals surface area contributed by atoms with Gasteiger partial charge >= 0.3 is 6.03 Å². The number of carbonyl (C=O) groups is 2. The lowest BCUT2D eigenvalue weighted by Gasteiger charge is -2.32. The zero-order valence-corrected chi connectivity index (χ0v) is 17.1. The van der Waals surface area contributed by atoms with E-state index in [0.717, 1.165) is 42.6 Å². The largest absolute Gasteiger partial charge is 0.374 e. The summed E-state index contributed by atoms with van der Waals surface area (Å²) >= 11 is 0. The van der Waals surface area contributed by atoms with Gasteiger partial charge in [-0.05, 0) is 56.0 Å². The van der Waals surface area contributed by atoms with Crippen molar-refractivity contribution >= 4 is 23.3 Å². The highest BCUT2D eigenvalue weighted by molar-refractivity contribution is 5.94. The first-order chi connectivity index (χ1) is 14.0. The van der Waals surface area contributed by atoms with Crippen LogP contribution >= 0.6 is 0 Å². The number of piperidine rings is 1. The highest BCUT2D eigenvalue weighted by Crippen LogP contribution is 2.29. The van der Waals surface area contributed by atoms with Crippen molar-refractivity contribution in [3.8, 4) is 0 Å². The van der Waals surface area contributed by atoms with E-state index >= 15 is 0 Å². The Balaban J connectivity index is 1.27. The van der Waals surface area contributed by atoms with Crippen molar-refractivity contribution in [2.24, 2.45) is 0 Å². The molecule has 0 unspecified atom stereocenters. The maximum atomic E-state index is 12.6. The third-order valence-corrected chi connectivity index (χ3v) is 5.89. The van der Waals surface area contributed by atoms with Crippen molar-refractivity contribution in [2.45, 2.75) is 32.2 Å². The van der Waals surface area contributed by atoms with Gasteiger partial charge in [0.1, 0.15) is 0 Å². The molecule has 1 fully saturated rings. The molecule has 0 aromatic heterocycles. The second-order valence-corrected chi connectivity index (χ2v) is 8.05. The van der Waals surface area contributed by atoms with E-state index in [9.17, 15) is 9.59 Å². The molecule has 2 aromatic rings.